The maximum absolute atomic E-state index is 12.9. The van der Waals surface area contributed by atoms with Crippen LogP contribution >= 0.6 is 0 Å². The molecule has 3 rings (SSSR count). The number of benzene rings is 2. The summed E-state index contributed by atoms with van der Waals surface area (Å²) < 4.78 is 23.5. The van der Waals surface area contributed by atoms with Crippen LogP contribution in [0.3, 0.4) is 0 Å². The van der Waals surface area contributed by atoms with Gasteiger partial charge in [-0.1, -0.05) is 49.4 Å². The fraction of sp³-hybridized carbons (Fsp3) is 0.421. The SMILES string of the molecule is CCCN(C(=O)Cc1cccc2ccccc12)[C@@H]1CCS(=O)(=O)C1. The van der Waals surface area contributed by atoms with Crippen LogP contribution in [0.2, 0.25) is 0 Å². The molecule has 1 fully saturated rings. The Hall–Kier alpha value is -1.88. The second-order valence-corrected chi connectivity index (χ2v) is 8.69. The van der Waals surface area contributed by atoms with E-state index in [-0.39, 0.29) is 23.5 Å². The minimum absolute atomic E-state index is 0.0234. The van der Waals surface area contributed by atoms with Crippen LogP contribution in [0.25, 0.3) is 10.8 Å². The highest BCUT2D eigenvalue weighted by molar-refractivity contribution is 7.91. The molecule has 1 aliphatic heterocycles. The largest absolute Gasteiger partial charge is 0.338 e. The standard InChI is InChI=1S/C19H23NO3S/c1-2-11-20(17-10-12-24(22,23)14-17)19(21)13-16-8-5-7-15-6-3-4-9-18(15)16/h3-9,17H,2,10-14H2,1H3/t17-/m1/s1. The molecule has 1 saturated heterocycles. The Morgan fingerprint density at radius 1 is 1.17 bits per heavy atom. The predicted octanol–water partition coefficient (Wildman–Crippen LogP) is 2.81. The molecule has 128 valence electrons. The molecule has 0 N–H and O–H groups in total. The minimum atomic E-state index is -2.99. The van der Waals surface area contributed by atoms with Gasteiger partial charge in [0.15, 0.2) is 9.84 Å². The lowest BCUT2D eigenvalue weighted by atomic mass is 10.0. The van der Waals surface area contributed by atoms with Gasteiger partial charge >= 0.3 is 0 Å². The van der Waals surface area contributed by atoms with Gasteiger partial charge in [0.1, 0.15) is 0 Å². The smallest absolute Gasteiger partial charge is 0.227 e. The summed E-state index contributed by atoms with van der Waals surface area (Å²) in [5.74, 6) is 0.323. The normalized spacial score (nSPS) is 19.5. The molecule has 0 aliphatic carbocycles. The monoisotopic (exact) mass is 345 g/mol. The molecule has 0 spiro atoms. The number of nitrogens with zero attached hydrogens (tertiary/aromatic N) is 1. The van der Waals surface area contributed by atoms with Crippen molar-refractivity contribution in [2.24, 2.45) is 0 Å². The number of hydrogen-bond donors (Lipinski definition) is 0. The predicted molar refractivity (Wildman–Crippen MR) is 96.7 cm³/mol. The van der Waals surface area contributed by atoms with Gasteiger partial charge in [0, 0.05) is 12.6 Å². The Bertz CT molecular complexity index is 839. The molecule has 1 aliphatic rings. The Morgan fingerprint density at radius 3 is 2.62 bits per heavy atom. The Kier molecular flexibility index (Phi) is 4.90. The Balaban J connectivity index is 1.83. The molecule has 2 aromatic rings. The number of carbonyl (C=O) groups is 1. The van der Waals surface area contributed by atoms with Crippen molar-refractivity contribution in [2.45, 2.75) is 32.2 Å². The summed E-state index contributed by atoms with van der Waals surface area (Å²) in [5.41, 5.74) is 1.00. The first-order valence-electron chi connectivity index (χ1n) is 8.46. The summed E-state index contributed by atoms with van der Waals surface area (Å²) in [6.45, 7) is 2.63. The van der Waals surface area contributed by atoms with Crippen molar-refractivity contribution in [2.75, 3.05) is 18.1 Å². The molecule has 1 heterocycles. The van der Waals surface area contributed by atoms with Crippen molar-refractivity contribution in [3.8, 4) is 0 Å². The molecule has 24 heavy (non-hydrogen) atoms. The lowest BCUT2D eigenvalue weighted by molar-refractivity contribution is -0.132. The zero-order chi connectivity index (χ0) is 17.2. The van der Waals surface area contributed by atoms with E-state index in [4.69, 9.17) is 0 Å². The van der Waals surface area contributed by atoms with E-state index in [0.29, 0.717) is 19.4 Å². The van der Waals surface area contributed by atoms with Crippen LogP contribution in [0, 0.1) is 0 Å². The molecule has 1 amide bonds. The molecule has 2 aromatic carbocycles. The average molecular weight is 345 g/mol. The van der Waals surface area contributed by atoms with Crippen molar-refractivity contribution in [1.82, 2.24) is 4.90 Å². The molecule has 1 atom stereocenters. The highest BCUT2D eigenvalue weighted by Crippen LogP contribution is 2.22. The van der Waals surface area contributed by atoms with Crippen LogP contribution in [0.4, 0.5) is 0 Å². The summed E-state index contributed by atoms with van der Waals surface area (Å²) in [4.78, 5) is 14.7. The molecule has 0 saturated carbocycles. The quantitative estimate of drug-likeness (QED) is 0.837. The van der Waals surface area contributed by atoms with Crippen LogP contribution in [-0.4, -0.2) is 43.3 Å². The highest BCUT2D eigenvalue weighted by atomic mass is 32.2. The van der Waals surface area contributed by atoms with E-state index in [1.165, 1.54) is 0 Å². The summed E-state index contributed by atoms with van der Waals surface area (Å²) in [6.07, 6.45) is 1.71. The minimum Gasteiger partial charge on any atom is -0.338 e. The van der Waals surface area contributed by atoms with E-state index >= 15 is 0 Å². The van der Waals surface area contributed by atoms with Gasteiger partial charge in [0.05, 0.1) is 17.9 Å². The molecule has 0 aromatic heterocycles. The lowest BCUT2D eigenvalue weighted by Crippen LogP contribution is -2.42. The zero-order valence-electron chi connectivity index (χ0n) is 13.9. The third-order valence-corrected chi connectivity index (χ3v) is 6.41. The zero-order valence-corrected chi connectivity index (χ0v) is 14.8. The molecule has 0 unspecified atom stereocenters. The van der Waals surface area contributed by atoms with Crippen LogP contribution in [0.15, 0.2) is 42.5 Å². The van der Waals surface area contributed by atoms with Crippen molar-refractivity contribution < 1.29 is 13.2 Å². The number of carbonyl (C=O) groups excluding carboxylic acids is 1. The molecule has 0 radical (unpaired) electrons. The summed E-state index contributed by atoms with van der Waals surface area (Å²) >= 11 is 0. The van der Waals surface area contributed by atoms with Gasteiger partial charge in [0.25, 0.3) is 0 Å². The molecular formula is C19H23NO3S. The molecule has 5 heteroatoms. The van der Waals surface area contributed by atoms with Gasteiger partial charge < -0.3 is 4.90 Å². The second kappa shape index (κ2) is 6.93. The van der Waals surface area contributed by atoms with E-state index in [1.807, 2.05) is 49.4 Å². The topological polar surface area (TPSA) is 54.5 Å². The molecular weight excluding hydrogens is 322 g/mol. The van der Waals surface area contributed by atoms with Crippen molar-refractivity contribution in [3.05, 3.63) is 48.0 Å². The number of amides is 1. The highest BCUT2D eigenvalue weighted by Gasteiger charge is 2.34. The van der Waals surface area contributed by atoms with Gasteiger partial charge in [0.2, 0.25) is 5.91 Å². The first-order valence-corrected chi connectivity index (χ1v) is 10.3. The fourth-order valence-electron chi connectivity index (χ4n) is 3.48. The third-order valence-electron chi connectivity index (χ3n) is 4.66. The van der Waals surface area contributed by atoms with Crippen molar-refractivity contribution >= 4 is 26.5 Å². The maximum atomic E-state index is 12.9. The van der Waals surface area contributed by atoms with Crippen LogP contribution < -0.4 is 0 Å². The maximum Gasteiger partial charge on any atom is 0.227 e. The van der Waals surface area contributed by atoms with E-state index < -0.39 is 9.84 Å². The molecule has 0 bridgehead atoms. The average Bonchev–Trinajstić information content (AvgIpc) is 2.92. The second-order valence-electron chi connectivity index (χ2n) is 6.46. The number of fused-ring (bicyclic) bond motifs is 1. The lowest BCUT2D eigenvalue weighted by Gasteiger charge is -2.28. The van der Waals surface area contributed by atoms with Crippen molar-refractivity contribution in [3.63, 3.8) is 0 Å². The van der Waals surface area contributed by atoms with Gasteiger partial charge in [-0.25, -0.2) is 8.42 Å². The van der Waals surface area contributed by atoms with Gasteiger partial charge in [-0.05, 0) is 29.2 Å². The van der Waals surface area contributed by atoms with Crippen LogP contribution in [-0.2, 0) is 21.1 Å². The van der Waals surface area contributed by atoms with E-state index in [9.17, 15) is 13.2 Å². The number of sulfone groups is 1. The van der Waals surface area contributed by atoms with Crippen molar-refractivity contribution in [1.29, 1.82) is 0 Å². The van der Waals surface area contributed by atoms with Gasteiger partial charge in [-0.15, -0.1) is 0 Å². The van der Waals surface area contributed by atoms with Gasteiger partial charge in [-0.3, -0.25) is 4.79 Å². The number of hydrogen-bond acceptors (Lipinski definition) is 3. The fourth-order valence-corrected chi connectivity index (χ4v) is 5.21. The van der Waals surface area contributed by atoms with E-state index in [0.717, 1.165) is 22.8 Å². The van der Waals surface area contributed by atoms with Crippen LogP contribution in [0.1, 0.15) is 25.3 Å². The van der Waals surface area contributed by atoms with Crippen LogP contribution in [0.5, 0.6) is 0 Å². The first kappa shape index (κ1) is 17.0. The summed E-state index contributed by atoms with van der Waals surface area (Å²) in [6, 6.07) is 13.8. The Morgan fingerprint density at radius 2 is 1.92 bits per heavy atom. The molecule has 4 nitrogen and oxygen atoms in total. The van der Waals surface area contributed by atoms with E-state index in [2.05, 4.69) is 0 Å². The summed E-state index contributed by atoms with van der Waals surface area (Å²) in [5, 5.41) is 2.21. The summed E-state index contributed by atoms with van der Waals surface area (Å²) in [7, 11) is -2.99. The first-order chi connectivity index (χ1) is 11.5. The number of rotatable bonds is 5. The van der Waals surface area contributed by atoms with Gasteiger partial charge in [-0.2, -0.15) is 0 Å². The Labute approximate surface area is 143 Å². The third kappa shape index (κ3) is 3.61. The van der Waals surface area contributed by atoms with E-state index in [1.54, 1.807) is 4.90 Å².